The Labute approximate surface area is 91.3 Å². The fourth-order valence-corrected chi connectivity index (χ4v) is 1.16. The predicted molar refractivity (Wildman–Crippen MR) is 54.0 cm³/mol. The van der Waals surface area contributed by atoms with Crippen LogP contribution >= 0.6 is 0 Å². The second-order valence-electron chi connectivity index (χ2n) is 3.10. The van der Waals surface area contributed by atoms with E-state index in [1.807, 2.05) is 18.2 Å². The van der Waals surface area contributed by atoms with Crippen LogP contribution < -0.4 is 5.32 Å². The van der Waals surface area contributed by atoms with E-state index in [1.165, 1.54) is 0 Å². The topological polar surface area (TPSA) is 96.5 Å². The smallest absolute Gasteiger partial charge is 0.228 e. The Hall–Kier alpha value is -2.31. The molecule has 0 saturated carbocycles. The number of rotatable bonds is 4. The number of amides is 1. The first kappa shape index (κ1) is 10.2. The Bertz CT molecular complexity index is 440. The van der Waals surface area contributed by atoms with Gasteiger partial charge in [0.25, 0.3) is 0 Å². The molecular formula is C9H10N6O. The van der Waals surface area contributed by atoms with Crippen LogP contribution in [-0.2, 0) is 17.8 Å². The quantitative estimate of drug-likeness (QED) is 0.718. The van der Waals surface area contributed by atoms with Gasteiger partial charge < -0.3 is 5.32 Å². The van der Waals surface area contributed by atoms with Gasteiger partial charge in [-0.25, -0.2) is 0 Å². The molecule has 82 valence electrons. The normalized spacial score (nSPS) is 10.0. The molecule has 1 amide bonds. The minimum Gasteiger partial charge on any atom is -0.350 e. The SMILES string of the molecule is O=C(Cc1nn[nH]n1)NCc1ccccn1. The molecule has 0 atom stereocenters. The molecule has 0 aliphatic heterocycles. The second-order valence-corrected chi connectivity index (χ2v) is 3.10. The number of pyridine rings is 1. The van der Waals surface area contributed by atoms with Gasteiger partial charge in [-0.1, -0.05) is 11.3 Å². The zero-order valence-electron chi connectivity index (χ0n) is 8.42. The number of carbonyl (C=O) groups is 1. The summed E-state index contributed by atoms with van der Waals surface area (Å²) in [6.45, 7) is 0.400. The molecule has 2 N–H and O–H groups in total. The molecule has 0 aliphatic carbocycles. The Morgan fingerprint density at radius 3 is 3.06 bits per heavy atom. The van der Waals surface area contributed by atoms with Crippen molar-refractivity contribution in [3.05, 3.63) is 35.9 Å². The molecule has 2 aromatic rings. The van der Waals surface area contributed by atoms with Gasteiger partial charge in [0.2, 0.25) is 5.91 Å². The monoisotopic (exact) mass is 218 g/mol. The van der Waals surface area contributed by atoms with Crippen LogP contribution in [0.25, 0.3) is 0 Å². The molecule has 0 aliphatic rings. The number of aromatic amines is 1. The van der Waals surface area contributed by atoms with Gasteiger partial charge in [-0.2, -0.15) is 5.21 Å². The molecule has 2 rings (SSSR count). The molecule has 0 spiro atoms. The van der Waals surface area contributed by atoms with E-state index in [-0.39, 0.29) is 12.3 Å². The molecule has 2 heterocycles. The fourth-order valence-electron chi connectivity index (χ4n) is 1.16. The highest BCUT2D eigenvalue weighted by atomic mass is 16.1. The number of aromatic nitrogens is 5. The fraction of sp³-hybridized carbons (Fsp3) is 0.222. The average Bonchev–Trinajstić information content (AvgIpc) is 2.81. The number of nitrogens with one attached hydrogen (secondary N) is 2. The summed E-state index contributed by atoms with van der Waals surface area (Å²) >= 11 is 0. The summed E-state index contributed by atoms with van der Waals surface area (Å²) in [4.78, 5) is 15.5. The van der Waals surface area contributed by atoms with Gasteiger partial charge in [-0.15, -0.1) is 10.2 Å². The lowest BCUT2D eigenvalue weighted by Gasteiger charge is -2.02. The molecule has 0 radical (unpaired) electrons. The third-order valence-corrected chi connectivity index (χ3v) is 1.90. The van der Waals surface area contributed by atoms with Gasteiger partial charge in [0.1, 0.15) is 0 Å². The highest BCUT2D eigenvalue weighted by Gasteiger charge is 2.06. The molecule has 0 aromatic carbocycles. The van der Waals surface area contributed by atoms with E-state index < -0.39 is 0 Å². The second kappa shape index (κ2) is 4.96. The Kier molecular flexibility index (Phi) is 3.17. The van der Waals surface area contributed by atoms with Crippen LogP contribution in [0.1, 0.15) is 11.5 Å². The Morgan fingerprint density at radius 2 is 2.38 bits per heavy atom. The summed E-state index contributed by atoms with van der Waals surface area (Å²) in [6.07, 6.45) is 1.80. The first-order valence-corrected chi connectivity index (χ1v) is 4.73. The highest BCUT2D eigenvalue weighted by molar-refractivity contribution is 5.77. The molecule has 0 fully saturated rings. The molecule has 16 heavy (non-hydrogen) atoms. The van der Waals surface area contributed by atoms with Crippen LogP contribution in [0.4, 0.5) is 0 Å². The maximum absolute atomic E-state index is 11.4. The minimum absolute atomic E-state index is 0.114. The van der Waals surface area contributed by atoms with Crippen molar-refractivity contribution < 1.29 is 4.79 Å². The van der Waals surface area contributed by atoms with Crippen molar-refractivity contribution in [1.82, 2.24) is 30.9 Å². The number of H-pyrrole nitrogens is 1. The predicted octanol–water partition coefficient (Wildman–Crippen LogP) is -0.546. The molecule has 2 aromatic heterocycles. The van der Waals surface area contributed by atoms with Crippen molar-refractivity contribution in [2.45, 2.75) is 13.0 Å². The van der Waals surface area contributed by atoms with E-state index in [4.69, 9.17) is 0 Å². The number of carbonyl (C=O) groups excluding carboxylic acids is 1. The summed E-state index contributed by atoms with van der Waals surface area (Å²) in [5.74, 6) is 0.213. The van der Waals surface area contributed by atoms with E-state index in [9.17, 15) is 4.79 Å². The largest absolute Gasteiger partial charge is 0.350 e. The molecule has 0 saturated heterocycles. The van der Waals surface area contributed by atoms with Crippen LogP contribution in [-0.4, -0.2) is 31.5 Å². The summed E-state index contributed by atoms with van der Waals surface area (Å²) in [6, 6.07) is 5.53. The lowest BCUT2D eigenvalue weighted by molar-refractivity contribution is -0.120. The van der Waals surface area contributed by atoms with E-state index in [2.05, 4.69) is 30.9 Å². The lowest BCUT2D eigenvalue weighted by Crippen LogP contribution is -2.25. The average molecular weight is 218 g/mol. The highest BCUT2D eigenvalue weighted by Crippen LogP contribution is 1.93. The van der Waals surface area contributed by atoms with Gasteiger partial charge in [-0.3, -0.25) is 9.78 Å². The van der Waals surface area contributed by atoms with Gasteiger partial charge in [-0.05, 0) is 12.1 Å². The van der Waals surface area contributed by atoms with Gasteiger partial charge in [0.15, 0.2) is 5.82 Å². The molecule has 0 unspecified atom stereocenters. The van der Waals surface area contributed by atoms with Crippen molar-refractivity contribution >= 4 is 5.91 Å². The van der Waals surface area contributed by atoms with E-state index in [0.717, 1.165) is 5.69 Å². The maximum Gasteiger partial charge on any atom is 0.228 e. The van der Waals surface area contributed by atoms with Gasteiger partial charge >= 0.3 is 0 Å². The summed E-state index contributed by atoms with van der Waals surface area (Å²) in [5, 5.41) is 15.7. The van der Waals surface area contributed by atoms with Crippen molar-refractivity contribution in [2.75, 3.05) is 0 Å². The number of tetrazole rings is 1. The zero-order valence-corrected chi connectivity index (χ0v) is 8.42. The maximum atomic E-state index is 11.4. The third kappa shape index (κ3) is 2.84. The van der Waals surface area contributed by atoms with Gasteiger partial charge in [0.05, 0.1) is 18.7 Å². The van der Waals surface area contributed by atoms with E-state index in [1.54, 1.807) is 6.20 Å². The third-order valence-electron chi connectivity index (χ3n) is 1.90. The number of hydrogen-bond donors (Lipinski definition) is 2. The number of hydrogen-bond acceptors (Lipinski definition) is 5. The van der Waals surface area contributed by atoms with Crippen molar-refractivity contribution in [1.29, 1.82) is 0 Å². The number of nitrogens with zero attached hydrogens (tertiary/aromatic N) is 4. The first-order chi connectivity index (χ1) is 7.84. The summed E-state index contributed by atoms with van der Waals surface area (Å²) in [7, 11) is 0. The van der Waals surface area contributed by atoms with Crippen LogP contribution in [0.3, 0.4) is 0 Å². The van der Waals surface area contributed by atoms with Gasteiger partial charge in [0, 0.05) is 6.20 Å². The molecule has 0 bridgehead atoms. The van der Waals surface area contributed by atoms with Crippen LogP contribution in [0, 0.1) is 0 Å². The Balaban J connectivity index is 1.80. The zero-order chi connectivity index (χ0) is 11.2. The lowest BCUT2D eigenvalue weighted by atomic mass is 10.3. The van der Waals surface area contributed by atoms with Crippen LogP contribution in [0.5, 0.6) is 0 Å². The summed E-state index contributed by atoms with van der Waals surface area (Å²) in [5.41, 5.74) is 0.809. The standard InChI is InChI=1S/C9H10N6O/c16-9(5-8-12-14-15-13-8)11-6-7-3-1-2-4-10-7/h1-4H,5-6H2,(H,11,16)(H,12,13,14,15). The molecule has 7 nitrogen and oxygen atoms in total. The van der Waals surface area contributed by atoms with Crippen molar-refractivity contribution in [2.24, 2.45) is 0 Å². The van der Waals surface area contributed by atoms with Crippen molar-refractivity contribution in [3.63, 3.8) is 0 Å². The van der Waals surface area contributed by atoms with E-state index in [0.29, 0.717) is 12.4 Å². The van der Waals surface area contributed by atoms with Crippen molar-refractivity contribution in [3.8, 4) is 0 Å². The molecule has 7 heteroatoms. The van der Waals surface area contributed by atoms with Crippen LogP contribution in [0.15, 0.2) is 24.4 Å². The minimum atomic E-state index is -0.160. The van der Waals surface area contributed by atoms with E-state index >= 15 is 0 Å². The summed E-state index contributed by atoms with van der Waals surface area (Å²) < 4.78 is 0. The Morgan fingerprint density at radius 1 is 1.44 bits per heavy atom. The molecular weight excluding hydrogens is 208 g/mol. The first-order valence-electron chi connectivity index (χ1n) is 4.73. The van der Waals surface area contributed by atoms with Crippen LogP contribution in [0.2, 0.25) is 0 Å².